The number of aliphatic hydroxyl groups is 10. The van der Waals surface area contributed by atoms with Gasteiger partial charge in [0, 0.05) is 0 Å². The van der Waals surface area contributed by atoms with Crippen LogP contribution in [0.3, 0.4) is 0 Å². The molecule has 3 rings (SSSR count). The molecule has 3 aliphatic heterocycles. The van der Waals surface area contributed by atoms with Gasteiger partial charge in [-0.05, 0) is 0 Å². The van der Waals surface area contributed by atoms with E-state index < -0.39 is 106 Å². The maximum Gasteiger partial charge on any atom is 0.189 e. The second kappa shape index (κ2) is 10.8. The summed E-state index contributed by atoms with van der Waals surface area (Å²) in [6, 6.07) is 0. The zero-order chi connectivity index (χ0) is 23.7. The average Bonchev–Trinajstić information content (AvgIpc) is 3.05. The van der Waals surface area contributed by atoms with Gasteiger partial charge in [-0.15, -0.1) is 0 Å². The van der Waals surface area contributed by atoms with E-state index >= 15 is 0 Å². The van der Waals surface area contributed by atoms with E-state index in [4.69, 9.17) is 28.8 Å². The number of hydrogen-bond donors (Lipinski definition) is 10. The lowest BCUT2D eigenvalue weighted by atomic mass is 9.98. The second-order valence-electron chi connectivity index (χ2n) is 7.89. The van der Waals surface area contributed by atoms with Crippen molar-refractivity contribution < 1.29 is 74.7 Å². The quantitative estimate of drug-likeness (QED) is 0.165. The van der Waals surface area contributed by atoms with E-state index in [1.165, 1.54) is 0 Å². The minimum absolute atomic E-state index is 0.566. The molecule has 15 heteroatoms. The van der Waals surface area contributed by atoms with Crippen molar-refractivity contribution in [1.29, 1.82) is 0 Å². The Kier molecular flexibility index (Phi) is 8.75. The Morgan fingerprint density at radius 1 is 0.469 bits per heavy atom. The summed E-state index contributed by atoms with van der Waals surface area (Å²) >= 11 is 0. The molecular formula is C17H30O15. The minimum atomic E-state index is -1.80. The normalized spacial score (nSPS) is 52.3. The van der Waals surface area contributed by atoms with Crippen LogP contribution in [0.4, 0.5) is 0 Å². The maximum atomic E-state index is 10.2. The third kappa shape index (κ3) is 5.07. The topological polar surface area (TPSA) is 248 Å². The van der Waals surface area contributed by atoms with E-state index in [2.05, 4.69) is 0 Å². The van der Waals surface area contributed by atoms with E-state index in [1.807, 2.05) is 0 Å². The van der Waals surface area contributed by atoms with Crippen LogP contribution in [-0.4, -0.2) is 157 Å². The monoisotopic (exact) mass is 474 g/mol. The molecule has 0 spiro atoms. The molecule has 14 atom stereocenters. The van der Waals surface area contributed by atoms with Crippen molar-refractivity contribution >= 4 is 0 Å². The molecule has 32 heavy (non-hydrogen) atoms. The van der Waals surface area contributed by atoms with Crippen LogP contribution in [0.2, 0.25) is 0 Å². The first-order chi connectivity index (χ1) is 15.1. The summed E-state index contributed by atoms with van der Waals surface area (Å²) in [6.07, 6.45) is -21.9. The summed E-state index contributed by atoms with van der Waals surface area (Å²) in [5, 5.41) is 98.2. The largest absolute Gasteiger partial charge is 0.394 e. The zero-order valence-electron chi connectivity index (χ0n) is 16.7. The summed E-state index contributed by atoms with van der Waals surface area (Å²) in [7, 11) is 0. The number of ether oxygens (including phenoxy) is 5. The van der Waals surface area contributed by atoms with Crippen LogP contribution in [0.1, 0.15) is 0 Å². The predicted molar refractivity (Wildman–Crippen MR) is 95.2 cm³/mol. The fourth-order valence-electron chi connectivity index (χ4n) is 3.67. The van der Waals surface area contributed by atoms with Crippen molar-refractivity contribution in [2.75, 3.05) is 19.8 Å². The van der Waals surface area contributed by atoms with Gasteiger partial charge in [0.1, 0.15) is 67.1 Å². The van der Waals surface area contributed by atoms with Gasteiger partial charge in [-0.3, -0.25) is 0 Å². The highest BCUT2D eigenvalue weighted by atomic mass is 16.8. The van der Waals surface area contributed by atoms with Gasteiger partial charge in [0.2, 0.25) is 0 Å². The molecule has 3 heterocycles. The third-order valence-electron chi connectivity index (χ3n) is 5.71. The molecule has 0 saturated carbocycles. The van der Waals surface area contributed by atoms with Gasteiger partial charge in [0.15, 0.2) is 18.9 Å². The highest BCUT2D eigenvalue weighted by Gasteiger charge is 2.50. The summed E-state index contributed by atoms with van der Waals surface area (Å²) in [4.78, 5) is 0. The van der Waals surface area contributed by atoms with Gasteiger partial charge in [0.25, 0.3) is 0 Å². The third-order valence-corrected chi connectivity index (χ3v) is 5.71. The van der Waals surface area contributed by atoms with Crippen molar-refractivity contribution in [3.05, 3.63) is 0 Å². The fraction of sp³-hybridized carbons (Fsp3) is 1.00. The smallest absolute Gasteiger partial charge is 0.189 e. The van der Waals surface area contributed by atoms with E-state index in [0.29, 0.717) is 0 Å². The molecular weight excluding hydrogens is 444 g/mol. The van der Waals surface area contributed by atoms with E-state index in [0.717, 1.165) is 0 Å². The minimum Gasteiger partial charge on any atom is -0.394 e. The summed E-state index contributed by atoms with van der Waals surface area (Å²) in [5.41, 5.74) is 0. The van der Waals surface area contributed by atoms with Gasteiger partial charge in [0.05, 0.1) is 19.8 Å². The first-order valence-corrected chi connectivity index (χ1v) is 10.00. The first kappa shape index (κ1) is 26.0. The van der Waals surface area contributed by atoms with Crippen LogP contribution in [0.15, 0.2) is 0 Å². The first-order valence-electron chi connectivity index (χ1n) is 10.00. The lowest BCUT2D eigenvalue weighted by Gasteiger charge is -2.43. The Labute approximate surface area is 181 Å². The molecule has 0 aromatic rings. The molecule has 3 fully saturated rings. The molecule has 188 valence electrons. The summed E-state index contributed by atoms with van der Waals surface area (Å²) in [6.45, 7) is -1.87. The van der Waals surface area contributed by atoms with Crippen LogP contribution in [-0.2, 0) is 23.7 Å². The molecule has 0 aromatic heterocycles. The Morgan fingerprint density at radius 3 is 1.38 bits per heavy atom. The van der Waals surface area contributed by atoms with E-state index in [1.54, 1.807) is 0 Å². The van der Waals surface area contributed by atoms with E-state index in [9.17, 15) is 46.0 Å². The molecule has 3 aliphatic rings. The number of hydrogen-bond acceptors (Lipinski definition) is 15. The number of rotatable bonds is 7. The lowest BCUT2D eigenvalue weighted by Crippen LogP contribution is -2.62. The molecule has 10 N–H and O–H groups in total. The highest BCUT2D eigenvalue weighted by molar-refractivity contribution is 4.93. The Hall–Kier alpha value is -0.600. The molecule has 0 aromatic carbocycles. The Bertz CT molecular complexity index is 594. The maximum absolute atomic E-state index is 10.2. The molecule has 3 saturated heterocycles. The Morgan fingerprint density at radius 2 is 0.844 bits per heavy atom. The molecule has 0 bridgehead atoms. The lowest BCUT2D eigenvalue weighted by molar-refractivity contribution is -0.353. The number of aliphatic hydroxyl groups excluding tert-OH is 10. The molecule has 0 aliphatic carbocycles. The predicted octanol–water partition coefficient (Wildman–Crippen LogP) is -6.93. The zero-order valence-corrected chi connectivity index (χ0v) is 16.7. The van der Waals surface area contributed by atoms with Crippen molar-refractivity contribution in [3.63, 3.8) is 0 Å². The van der Waals surface area contributed by atoms with Gasteiger partial charge in [-0.1, -0.05) is 0 Å². The fourth-order valence-corrected chi connectivity index (χ4v) is 3.67. The SMILES string of the molecule is OCC1OC(OC2OC(COC3OC(CO)C(O)C(O)C3O)C(O)C(O)C2O)C(O)C1O. The van der Waals surface area contributed by atoms with Crippen LogP contribution in [0.5, 0.6) is 0 Å². The van der Waals surface area contributed by atoms with Crippen LogP contribution in [0.25, 0.3) is 0 Å². The van der Waals surface area contributed by atoms with Crippen molar-refractivity contribution in [3.8, 4) is 0 Å². The average molecular weight is 474 g/mol. The molecule has 15 nitrogen and oxygen atoms in total. The van der Waals surface area contributed by atoms with E-state index in [-0.39, 0.29) is 0 Å². The van der Waals surface area contributed by atoms with Gasteiger partial charge in [-0.2, -0.15) is 0 Å². The molecule has 0 amide bonds. The molecule has 0 radical (unpaired) electrons. The summed E-state index contributed by atoms with van der Waals surface area (Å²) in [5.74, 6) is 0. The van der Waals surface area contributed by atoms with Crippen molar-refractivity contribution in [1.82, 2.24) is 0 Å². The molecule has 14 unspecified atom stereocenters. The highest BCUT2D eigenvalue weighted by Crippen LogP contribution is 2.29. The van der Waals surface area contributed by atoms with Crippen molar-refractivity contribution in [2.24, 2.45) is 0 Å². The van der Waals surface area contributed by atoms with Crippen LogP contribution < -0.4 is 0 Å². The summed E-state index contributed by atoms with van der Waals surface area (Å²) < 4.78 is 26.3. The van der Waals surface area contributed by atoms with Crippen molar-refractivity contribution in [2.45, 2.75) is 86.0 Å². The van der Waals surface area contributed by atoms with Gasteiger partial charge < -0.3 is 74.7 Å². The second-order valence-corrected chi connectivity index (χ2v) is 7.89. The Balaban J connectivity index is 1.62. The standard InChI is InChI=1S/C17H30O15/c18-1-4-7(20)10(23)13(26)15(29-4)28-3-6-9(22)11(24)14(27)17(31-6)32-16-12(25)8(21)5(2-19)30-16/h4-27H,1-3H2. The van der Waals surface area contributed by atoms with Gasteiger partial charge >= 0.3 is 0 Å². The van der Waals surface area contributed by atoms with Crippen LogP contribution >= 0.6 is 0 Å². The van der Waals surface area contributed by atoms with Crippen LogP contribution in [0, 0.1) is 0 Å². The van der Waals surface area contributed by atoms with Gasteiger partial charge in [-0.25, -0.2) is 0 Å².